The van der Waals surface area contributed by atoms with Gasteiger partial charge >= 0.3 is 18.0 Å². The monoisotopic (exact) mass is 296 g/mol. The molecule has 0 saturated carbocycles. The van der Waals surface area contributed by atoms with Crippen molar-refractivity contribution >= 4 is 0 Å². The number of hydrogen-bond acceptors (Lipinski definition) is 2. The van der Waals surface area contributed by atoms with Gasteiger partial charge in [0.15, 0.2) is 6.29 Å². The van der Waals surface area contributed by atoms with Crippen LogP contribution in [0.25, 0.3) is 0 Å². The van der Waals surface area contributed by atoms with Gasteiger partial charge in [-0.2, -0.15) is 26.3 Å². The molecule has 0 aliphatic carbocycles. The van der Waals surface area contributed by atoms with Gasteiger partial charge in [0.1, 0.15) is 6.10 Å². The Morgan fingerprint density at radius 1 is 1.11 bits per heavy atom. The van der Waals surface area contributed by atoms with Gasteiger partial charge in [0.05, 0.1) is 0 Å². The van der Waals surface area contributed by atoms with Gasteiger partial charge in [-0.15, -0.1) is 0 Å². The van der Waals surface area contributed by atoms with Crippen molar-refractivity contribution in [3.63, 3.8) is 0 Å². The molecule has 1 aliphatic heterocycles. The lowest BCUT2D eigenvalue weighted by atomic mass is 9.94. The molecule has 0 radical (unpaired) electrons. The van der Waals surface area contributed by atoms with Gasteiger partial charge in [0.25, 0.3) is 0 Å². The van der Waals surface area contributed by atoms with Crippen LogP contribution < -0.4 is 0 Å². The molecule has 1 fully saturated rings. The maximum Gasteiger partial charge on any atom is 0.435 e. The molecule has 1 saturated heterocycles. The molecule has 2 unspecified atom stereocenters. The Balaban J connectivity index is 2.98. The summed E-state index contributed by atoms with van der Waals surface area (Å²) in [7, 11) is 0. The van der Waals surface area contributed by atoms with Crippen molar-refractivity contribution in [2.45, 2.75) is 44.3 Å². The molecule has 1 rings (SSSR count). The molecule has 112 valence electrons. The first-order chi connectivity index (χ1) is 8.45. The van der Waals surface area contributed by atoms with Crippen molar-refractivity contribution in [1.82, 2.24) is 0 Å². The second kappa shape index (κ2) is 4.93. The Hall–Kier alpha value is -0.830. The molecule has 0 bridgehead atoms. The third kappa shape index (κ3) is 3.02. The van der Waals surface area contributed by atoms with Crippen LogP contribution in [0.2, 0.25) is 0 Å². The summed E-state index contributed by atoms with van der Waals surface area (Å²) in [6, 6.07) is 0. The van der Waals surface area contributed by atoms with Crippen LogP contribution in [0.3, 0.4) is 0 Å². The van der Waals surface area contributed by atoms with Gasteiger partial charge in [-0.05, 0) is 25.5 Å². The molecule has 9 heteroatoms. The lowest BCUT2D eigenvalue weighted by Gasteiger charge is -2.30. The average Bonchev–Trinajstić information content (AvgIpc) is 2.92. The molecule has 0 aromatic rings. The standard InChI is InChI=1S/C10H11F7O2/c1-3-18-7-6(19-7)4-5(2)8(11,9(12,13)14)10(15,16)17/h4,6-7H,3H2,1-2H3/b5-4+. The first kappa shape index (κ1) is 16.2. The van der Waals surface area contributed by atoms with Crippen LogP contribution in [0.1, 0.15) is 13.8 Å². The highest BCUT2D eigenvalue weighted by Gasteiger charge is 2.73. The van der Waals surface area contributed by atoms with Gasteiger partial charge < -0.3 is 9.47 Å². The van der Waals surface area contributed by atoms with Crippen molar-refractivity contribution in [2.75, 3.05) is 6.61 Å². The molecule has 2 nitrogen and oxygen atoms in total. The van der Waals surface area contributed by atoms with Gasteiger partial charge in [-0.3, -0.25) is 0 Å². The fourth-order valence-corrected chi connectivity index (χ4v) is 1.49. The van der Waals surface area contributed by atoms with E-state index in [4.69, 9.17) is 4.74 Å². The number of allylic oxidation sites excluding steroid dienone is 1. The summed E-state index contributed by atoms with van der Waals surface area (Å²) in [5, 5.41) is 0. The van der Waals surface area contributed by atoms with Crippen LogP contribution in [-0.2, 0) is 9.47 Å². The molecular formula is C10H11F7O2. The summed E-state index contributed by atoms with van der Waals surface area (Å²) < 4.78 is 97.1. The number of rotatable bonds is 4. The fourth-order valence-electron chi connectivity index (χ4n) is 1.49. The molecule has 0 aromatic carbocycles. The molecule has 1 heterocycles. The van der Waals surface area contributed by atoms with E-state index in [1.54, 1.807) is 6.92 Å². The maximum absolute atomic E-state index is 13.5. The zero-order chi connectivity index (χ0) is 15.1. The molecule has 2 atom stereocenters. The number of ether oxygens (including phenoxy) is 2. The molecule has 0 spiro atoms. The Morgan fingerprint density at radius 2 is 1.58 bits per heavy atom. The van der Waals surface area contributed by atoms with Gasteiger partial charge in [0, 0.05) is 6.61 Å². The number of epoxide rings is 1. The largest absolute Gasteiger partial charge is 0.435 e. The van der Waals surface area contributed by atoms with Crippen molar-refractivity contribution in [1.29, 1.82) is 0 Å². The summed E-state index contributed by atoms with van der Waals surface area (Å²) in [5.41, 5.74) is -6.90. The molecule has 0 N–H and O–H groups in total. The van der Waals surface area contributed by atoms with E-state index in [-0.39, 0.29) is 6.61 Å². The van der Waals surface area contributed by atoms with Gasteiger partial charge in [0.2, 0.25) is 0 Å². The lowest BCUT2D eigenvalue weighted by Crippen LogP contribution is -2.54. The number of alkyl halides is 7. The highest BCUT2D eigenvalue weighted by atomic mass is 19.4. The molecule has 19 heavy (non-hydrogen) atoms. The van der Waals surface area contributed by atoms with Crippen LogP contribution in [0.15, 0.2) is 11.6 Å². The molecular weight excluding hydrogens is 285 g/mol. The van der Waals surface area contributed by atoms with Crippen LogP contribution in [0, 0.1) is 0 Å². The van der Waals surface area contributed by atoms with Crippen LogP contribution in [-0.4, -0.2) is 37.0 Å². The number of halogens is 7. The van der Waals surface area contributed by atoms with E-state index in [0.717, 1.165) is 0 Å². The van der Waals surface area contributed by atoms with Gasteiger partial charge in [-0.1, -0.05) is 0 Å². The summed E-state index contributed by atoms with van der Waals surface area (Å²) in [6.45, 7) is 2.17. The quantitative estimate of drug-likeness (QED) is 0.450. The Kier molecular flexibility index (Phi) is 4.21. The second-order valence-corrected chi connectivity index (χ2v) is 3.93. The smallest absolute Gasteiger partial charge is 0.350 e. The van der Waals surface area contributed by atoms with E-state index in [9.17, 15) is 30.7 Å². The lowest BCUT2D eigenvalue weighted by molar-refractivity contribution is -0.326. The SMILES string of the molecule is CCOC1OC1/C=C(\C)C(F)(C(F)(F)F)C(F)(F)F. The normalized spacial score (nSPS) is 25.6. The molecule has 0 aromatic heterocycles. The Bertz CT molecular complexity index is 344. The third-order valence-electron chi connectivity index (χ3n) is 2.55. The van der Waals surface area contributed by atoms with E-state index in [0.29, 0.717) is 13.0 Å². The third-order valence-corrected chi connectivity index (χ3v) is 2.55. The summed E-state index contributed by atoms with van der Waals surface area (Å²) in [4.78, 5) is 0. The summed E-state index contributed by atoms with van der Waals surface area (Å²) in [5.74, 6) is 0. The Morgan fingerprint density at radius 3 is 1.95 bits per heavy atom. The van der Waals surface area contributed by atoms with Crippen molar-refractivity contribution in [3.05, 3.63) is 11.6 Å². The second-order valence-electron chi connectivity index (χ2n) is 3.93. The van der Waals surface area contributed by atoms with Gasteiger partial charge in [-0.25, -0.2) is 4.39 Å². The highest BCUT2D eigenvalue weighted by Crippen LogP contribution is 2.51. The minimum absolute atomic E-state index is 0.174. The minimum atomic E-state index is -6.10. The number of hydrogen-bond donors (Lipinski definition) is 0. The van der Waals surface area contributed by atoms with Crippen molar-refractivity contribution < 1.29 is 40.2 Å². The zero-order valence-corrected chi connectivity index (χ0v) is 9.90. The topological polar surface area (TPSA) is 21.8 Å². The van der Waals surface area contributed by atoms with Crippen molar-refractivity contribution in [3.8, 4) is 0 Å². The van der Waals surface area contributed by atoms with Crippen LogP contribution in [0.5, 0.6) is 0 Å². The minimum Gasteiger partial charge on any atom is -0.350 e. The van der Waals surface area contributed by atoms with Crippen LogP contribution in [0.4, 0.5) is 30.7 Å². The maximum atomic E-state index is 13.5. The van der Waals surface area contributed by atoms with Crippen molar-refractivity contribution in [2.24, 2.45) is 0 Å². The predicted octanol–water partition coefficient (Wildman–Crippen LogP) is 3.53. The first-order valence-corrected chi connectivity index (χ1v) is 5.23. The summed E-state index contributed by atoms with van der Waals surface area (Å²) >= 11 is 0. The van der Waals surface area contributed by atoms with E-state index in [1.807, 2.05) is 0 Å². The summed E-state index contributed by atoms with van der Waals surface area (Å²) in [6.07, 6.45) is -13.8. The van der Waals surface area contributed by atoms with E-state index in [2.05, 4.69) is 4.74 Å². The first-order valence-electron chi connectivity index (χ1n) is 5.23. The predicted molar refractivity (Wildman–Crippen MR) is 50.0 cm³/mol. The molecule has 1 aliphatic rings. The van der Waals surface area contributed by atoms with E-state index < -0.39 is 36.0 Å². The fraction of sp³-hybridized carbons (Fsp3) is 0.800. The van der Waals surface area contributed by atoms with E-state index >= 15 is 0 Å². The van der Waals surface area contributed by atoms with E-state index in [1.165, 1.54) is 0 Å². The molecule has 0 amide bonds. The average molecular weight is 296 g/mol. The highest BCUT2D eigenvalue weighted by molar-refractivity contribution is 5.24. The Labute approximate surface area is 104 Å². The zero-order valence-electron chi connectivity index (χ0n) is 9.90. The van der Waals surface area contributed by atoms with Crippen LogP contribution >= 0.6 is 0 Å².